The predicted octanol–water partition coefficient (Wildman–Crippen LogP) is 0.189. The largest absolute Gasteiger partial charge is 0.396 e. The van der Waals surface area contributed by atoms with E-state index in [0.717, 1.165) is 18.5 Å². The lowest BCUT2D eigenvalue weighted by molar-refractivity contribution is -0.121. The molecule has 1 saturated heterocycles. The monoisotopic (exact) mass is 352 g/mol. The lowest BCUT2D eigenvalue weighted by Gasteiger charge is -2.41. The van der Waals surface area contributed by atoms with Crippen LogP contribution in [0.5, 0.6) is 0 Å². The van der Waals surface area contributed by atoms with Crippen molar-refractivity contribution in [3.63, 3.8) is 0 Å². The summed E-state index contributed by atoms with van der Waals surface area (Å²) < 4.78 is 6.68. The predicted molar refractivity (Wildman–Crippen MR) is 92.2 cm³/mol. The first kappa shape index (κ1) is 19.4. The van der Waals surface area contributed by atoms with Crippen molar-refractivity contribution in [1.82, 2.24) is 20.0 Å². The number of likely N-dealkylation sites (tertiary alicyclic amines) is 1. The second kappa shape index (κ2) is 8.44. The number of hydrogen-bond donors (Lipinski definition) is 2. The fourth-order valence-corrected chi connectivity index (χ4v) is 3.26. The number of aryl methyl sites for hydroxylation is 1. The highest BCUT2D eigenvalue weighted by atomic mass is 16.5. The number of piperidine rings is 1. The molecule has 2 rings (SSSR count). The van der Waals surface area contributed by atoms with Crippen LogP contribution in [0, 0.1) is 12.3 Å². The maximum Gasteiger partial charge on any atom is 0.274 e. The molecule has 25 heavy (non-hydrogen) atoms. The van der Waals surface area contributed by atoms with Crippen LogP contribution in [-0.4, -0.2) is 72.1 Å². The van der Waals surface area contributed by atoms with Gasteiger partial charge in [0, 0.05) is 45.0 Å². The van der Waals surface area contributed by atoms with Crippen LogP contribution in [0.25, 0.3) is 0 Å². The lowest BCUT2D eigenvalue weighted by Crippen LogP contribution is -2.48. The van der Waals surface area contributed by atoms with E-state index in [4.69, 9.17) is 4.74 Å². The molecule has 0 aromatic carbocycles. The van der Waals surface area contributed by atoms with E-state index < -0.39 is 0 Å². The second-order valence-electron chi connectivity index (χ2n) is 6.73. The Labute approximate surface area is 148 Å². The summed E-state index contributed by atoms with van der Waals surface area (Å²) in [5.41, 5.74) is 0.780. The molecule has 8 heteroatoms. The molecule has 1 atom stereocenters. The van der Waals surface area contributed by atoms with Gasteiger partial charge in [-0.2, -0.15) is 5.10 Å². The zero-order valence-electron chi connectivity index (χ0n) is 15.2. The third-order valence-electron chi connectivity index (χ3n) is 4.89. The Bertz CT molecular complexity index is 616. The van der Waals surface area contributed by atoms with Gasteiger partial charge in [0.1, 0.15) is 6.54 Å². The summed E-state index contributed by atoms with van der Waals surface area (Å²) in [5, 5.41) is 16.7. The first-order valence-electron chi connectivity index (χ1n) is 8.59. The minimum absolute atomic E-state index is 0.0320. The van der Waals surface area contributed by atoms with Crippen molar-refractivity contribution in [3.05, 3.63) is 17.5 Å². The van der Waals surface area contributed by atoms with Crippen molar-refractivity contribution >= 4 is 11.8 Å². The molecule has 1 aliphatic rings. The number of nitrogens with zero attached hydrogens (tertiary/aromatic N) is 3. The number of likely N-dealkylation sites (N-methyl/N-ethyl adjacent to an activating group) is 1. The number of aliphatic hydroxyl groups is 1. The first-order valence-corrected chi connectivity index (χ1v) is 8.59. The van der Waals surface area contributed by atoms with Gasteiger partial charge in [0.05, 0.1) is 6.61 Å². The third-order valence-corrected chi connectivity index (χ3v) is 4.89. The molecule has 0 radical (unpaired) electrons. The van der Waals surface area contributed by atoms with Crippen LogP contribution < -0.4 is 5.32 Å². The van der Waals surface area contributed by atoms with Crippen LogP contribution in [0.1, 0.15) is 35.4 Å². The van der Waals surface area contributed by atoms with Gasteiger partial charge >= 0.3 is 0 Å². The molecular formula is C17H28N4O4. The van der Waals surface area contributed by atoms with E-state index in [1.807, 2.05) is 6.92 Å². The number of amides is 2. The van der Waals surface area contributed by atoms with E-state index in [1.54, 1.807) is 25.1 Å². The van der Waals surface area contributed by atoms with Gasteiger partial charge in [0.2, 0.25) is 5.91 Å². The molecule has 0 saturated carbocycles. The molecule has 0 spiro atoms. The molecule has 1 fully saturated rings. The van der Waals surface area contributed by atoms with E-state index in [1.165, 1.54) is 4.68 Å². The molecule has 2 amide bonds. The van der Waals surface area contributed by atoms with Crippen LogP contribution in [-0.2, 0) is 16.1 Å². The standard InChI is InChI=1S/C17H28N4O4/c1-13-9-14(19-21(13)10-15(23)18-2)16(24)20-7-4-5-17(11-20,12-22)6-8-25-3/h9,22H,4-8,10-12H2,1-3H3,(H,18,23)/t17-/m1/s1. The summed E-state index contributed by atoms with van der Waals surface area (Å²) in [6.07, 6.45) is 2.43. The van der Waals surface area contributed by atoms with Crippen molar-refractivity contribution in [2.45, 2.75) is 32.7 Å². The zero-order valence-corrected chi connectivity index (χ0v) is 15.2. The fraction of sp³-hybridized carbons (Fsp3) is 0.706. The number of ether oxygens (including phenoxy) is 1. The number of aromatic nitrogens is 2. The Balaban J connectivity index is 2.11. The summed E-state index contributed by atoms with van der Waals surface area (Å²) in [6.45, 7) is 3.64. The van der Waals surface area contributed by atoms with Crippen molar-refractivity contribution in [1.29, 1.82) is 0 Å². The van der Waals surface area contributed by atoms with Gasteiger partial charge < -0.3 is 20.1 Å². The maximum atomic E-state index is 12.8. The quantitative estimate of drug-likeness (QED) is 0.730. The molecule has 0 unspecified atom stereocenters. The Morgan fingerprint density at radius 3 is 2.88 bits per heavy atom. The van der Waals surface area contributed by atoms with E-state index in [0.29, 0.717) is 31.8 Å². The lowest BCUT2D eigenvalue weighted by atomic mass is 9.78. The average molecular weight is 352 g/mol. The number of hydrogen-bond acceptors (Lipinski definition) is 5. The second-order valence-corrected chi connectivity index (χ2v) is 6.73. The fourth-order valence-electron chi connectivity index (χ4n) is 3.26. The number of nitrogens with one attached hydrogen (secondary N) is 1. The minimum atomic E-state index is -0.316. The van der Waals surface area contributed by atoms with E-state index in [9.17, 15) is 14.7 Å². The molecule has 8 nitrogen and oxygen atoms in total. The van der Waals surface area contributed by atoms with E-state index in [2.05, 4.69) is 10.4 Å². The van der Waals surface area contributed by atoms with Crippen LogP contribution in [0.3, 0.4) is 0 Å². The van der Waals surface area contributed by atoms with Crippen LogP contribution in [0.2, 0.25) is 0 Å². The SMILES string of the molecule is CNC(=O)Cn1nc(C(=O)N2CCC[C@@](CO)(CCOC)C2)cc1C. The molecule has 0 aliphatic carbocycles. The van der Waals surface area contributed by atoms with Gasteiger partial charge in [0.15, 0.2) is 5.69 Å². The van der Waals surface area contributed by atoms with Crippen molar-refractivity contribution in [2.75, 3.05) is 40.5 Å². The van der Waals surface area contributed by atoms with Gasteiger partial charge in [-0.3, -0.25) is 14.3 Å². The van der Waals surface area contributed by atoms with Crippen LogP contribution >= 0.6 is 0 Å². The van der Waals surface area contributed by atoms with Crippen molar-refractivity contribution in [3.8, 4) is 0 Å². The Morgan fingerprint density at radius 1 is 1.48 bits per heavy atom. The molecule has 2 N–H and O–H groups in total. The van der Waals surface area contributed by atoms with E-state index in [-0.39, 0.29) is 30.4 Å². The normalized spacial score (nSPS) is 20.6. The highest BCUT2D eigenvalue weighted by molar-refractivity contribution is 5.92. The highest BCUT2D eigenvalue weighted by Crippen LogP contribution is 2.33. The molecule has 0 bridgehead atoms. The summed E-state index contributed by atoms with van der Waals surface area (Å²) in [4.78, 5) is 26.1. The van der Waals surface area contributed by atoms with E-state index >= 15 is 0 Å². The smallest absolute Gasteiger partial charge is 0.274 e. The van der Waals surface area contributed by atoms with Crippen LogP contribution in [0.15, 0.2) is 6.07 Å². The van der Waals surface area contributed by atoms with Gasteiger partial charge in [0.25, 0.3) is 5.91 Å². The third kappa shape index (κ3) is 4.58. The molecule has 1 aliphatic heterocycles. The summed E-state index contributed by atoms with van der Waals surface area (Å²) in [6, 6.07) is 1.70. The number of aliphatic hydroxyl groups excluding tert-OH is 1. The Kier molecular flexibility index (Phi) is 6.55. The Hall–Kier alpha value is -1.93. The van der Waals surface area contributed by atoms with Gasteiger partial charge in [-0.05, 0) is 32.3 Å². The number of rotatable bonds is 7. The summed E-state index contributed by atoms with van der Waals surface area (Å²) in [5.74, 6) is -0.323. The Morgan fingerprint density at radius 2 is 2.24 bits per heavy atom. The van der Waals surface area contributed by atoms with Crippen LogP contribution in [0.4, 0.5) is 0 Å². The average Bonchev–Trinajstić information content (AvgIpc) is 2.99. The molecule has 140 valence electrons. The molecular weight excluding hydrogens is 324 g/mol. The molecule has 1 aromatic heterocycles. The maximum absolute atomic E-state index is 12.8. The summed E-state index contributed by atoms with van der Waals surface area (Å²) in [7, 11) is 3.20. The van der Waals surface area contributed by atoms with Crippen molar-refractivity contribution in [2.24, 2.45) is 5.41 Å². The first-order chi connectivity index (χ1) is 11.9. The minimum Gasteiger partial charge on any atom is -0.396 e. The zero-order chi connectivity index (χ0) is 18.4. The topological polar surface area (TPSA) is 96.7 Å². The molecule has 1 aromatic rings. The van der Waals surface area contributed by atoms with Crippen molar-refractivity contribution < 1.29 is 19.4 Å². The van der Waals surface area contributed by atoms with Gasteiger partial charge in [-0.15, -0.1) is 0 Å². The number of methoxy groups -OCH3 is 1. The number of carbonyl (C=O) groups is 2. The van der Waals surface area contributed by atoms with Gasteiger partial charge in [-0.1, -0.05) is 0 Å². The highest BCUT2D eigenvalue weighted by Gasteiger charge is 2.37. The molecule has 2 heterocycles. The summed E-state index contributed by atoms with van der Waals surface area (Å²) >= 11 is 0. The van der Waals surface area contributed by atoms with Gasteiger partial charge in [-0.25, -0.2) is 0 Å². The number of carbonyl (C=O) groups excluding carboxylic acids is 2.